The van der Waals surface area contributed by atoms with E-state index in [1.165, 1.54) is 24.3 Å². The fraction of sp³-hybridized carbons (Fsp3) is 0.214. The maximum Gasteiger partial charge on any atom is 0.303 e. The molecule has 144 heavy (non-hydrogen) atoms. The summed E-state index contributed by atoms with van der Waals surface area (Å²) in [6.45, 7) is 0. The number of hydrogen-bond acceptors (Lipinski definition) is 24. The molecule has 32 heteroatoms. The summed E-state index contributed by atoms with van der Waals surface area (Å²) in [5.74, 6) is 1.53. The Hall–Kier alpha value is -17.8. The van der Waals surface area contributed by atoms with Crippen molar-refractivity contribution in [1.82, 2.24) is 39.9 Å². The van der Waals surface area contributed by atoms with Gasteiger partial charge in [0.05, 0.1) is 112 Å². The maximum absolute atomic E-state index is 12.3. The average molecular weight is 1940 g/mol. The number of carboxylic acid groups (broad SMARTS) is 2. The third-order valence-corrected chi connectivity index (χ3v) is 24.5. The molecule has 4 heterocycles. The molecule has 32 nitrogen and oxygen atoms in total. The highest BCUT2D eigenvalue weighted by Crippen LogP contribution is 2.39. The highest BCUT2D eigenvalue weighted by Gasteiger charge is 2.18. The molecule has 0 atom stereocenters. The lowest BCUT2D eigenvalue weighted by molar-refractivity contribution is -0.138. The SMILES string of the molecule is Nc1ccc(-c2ccc(NC(=O)CCCCCCC(=O)Nc3ccc(-c4ccc(N)c(O)c4)cc3O)c(O)c2)cc1O.Nc1ccc(-c2ccc3nc(CCCCCCc4nc5ccc(-c6ccc(N)c(N)c6)cc5[nH]4)[nH]c3c2)cc1N.Nc1ccc(-c2ccc3nc(CCc4nc5ccc(-c6ccc(N)c(N)c6)cc5[nH]4)[nH]c3c2)cc1N.O=C(O)CCc1ccc(CCC(=O)O)cc1.O=CCCCCCCC=O. The molecule has 17 rings (SSSR count). The van der Waals surface area contributed by atoms with Gasteiger partial charge in [0.2, 0.25) is 11.8 Å². The third kappa shape index (κ3) is 29.6. The van der Waals surface area contributed by atoms with Crippen molar-refractivity contribution in [2.24, 2.45) is 0 Å². The van der Waals surface area contributed by atoms with Crippen LogP contribution >= 0.6 is 0 Å². The zero-order valence-corrected chi connectivity index (χ0v) is 79.9. The van der Waals surface area contributed by atoms with Crippen LogP contribution in [0.5, 0.6) is 23.0 Å². The van der Waals surface area contributed by atoms with Crippen LogP contribution in [-0.2, 0) is 67.3 Å². The molecule has 0 saturated carbocycles. The number of hydrogen-bond donors (Lipinski definition) is 22. The number of anilines is 12. The number of carbonyl (C=O) groups is 6. The summed E-state index contributed by atoms with van der Waals surface area (Å²) >= 11 is 0. The van der Waals surface area contributed by atoms with Gasteiger partial charge in [0.15, 0.2) is 0 Å². The van der Waals surface area contributed by atoms with Crippen LogP contribution in [0.2, 0.25) is 0 Å². The molecule has 0 radical (unpaired) electrons. The van der Waals surface area contributed by atoms with E-state index in [1.54, 1.807) is 48.5 Å². The largest absolute Gasteiger partial charge is 0.506 e. The normalized spacial score (nSPS) is 10.9. The Balaban J connectivity index is 0.000000161. The lowest BCUT2D eigenvalue weighted by Crippen LogP contribution is -2.12. The fourth-order valence-electron chi connectivity index (χ4n) is 16.2. The standard InChI is InChI=1S/C32H34N8.C32H34N4O6.C28H26N8.C12H14O4.C8H14O2/c33-23-11-7-19(15-25(23)35)21-9-13-27-29(17-21)39-31(37-27)5-3-1-2-4-6-32-38-28-14-10-22(18-30(28)40-32)20-8-12-24(34)26(36)16-20;33-23-11-7-19(15-27(23)37)21-9-13-25(29(39)17-21)35-31(41)5-3-1-2-4-6-32(42)36-26-14-10-22(18-30(26)40)20-8-12-24(34)28(38)16-20;29-19-5-1-15(11-21(19)31)17-3-7-23-25(13-17)35-27(33-23)9-10-28-34-24-8-4-18(14-26(24)36-28)16-2-6-20(30)22(32)12-16;13-11(14)7-5-9-1-2-10(4-3-9)6-8-12(15)16;9-7-5-3-1-2-4-6-8-10/h7-18H,1-6,33-36H2,(H,37,39)(H,38,40);7-18,37-40H,1-6,33-34H2,(H,35,41)(H,36,42);1-8,11-14H,9-10,29-32H2,(H,33,35)(H,34,36);1-4H,5-8H2,(H,13,14)(H,15,16);7-8H,1-6H2. The van der Waals surface area contributed by atoms with Gasteiger partial charge >= 0.3 is 11.9 Å². The second-order valence-corrected chi connectivity index (χ2v) is 35.4. The predicted octanol–water partition coefficient (Wildman–Crippen LogP) is 20.7. The highest BCUT2D eigenvalue weighted by molar-refractivity contribution is 5.95. The number of aldehydes is 2. The molecule has 0 fully saturated rings. The van der Waals surface area contributed by atoms with Crippen LogP contribution < -0.4 is 68.0 Å². The Bertz CT molecular complexity index is 6940. The number of benzene rings is 13. The van der Waals surface area contributed by atoms with Crippen molar-refractivity contribution in [2.45, 2.75) is 154 Å². The topological polar surface area (TPSA) is 623 Å². The molecule has 742 valence electrons. The zero-order valence-electron chi connectivity index (χ0n) is 79.9. The lowest BCUT2D eigenvalue weighted by Gasteiger charge is -2.11. The number of phenols is 4. The summed E-state index contributed by atoms with van der Waals surface area (Å²) in [7, 11) is 0. The molecule has 0 saturated heterocycles. The van der Waals surface area contributed by atoms with E-state index in [9.17, 15) is 49.2 Å². The van der Waals surface area contributed by atoms with Crippen molar-refractivity contribution >= 4 is 149 Å². The first-order valence-corrected chi connectivity index (χ1v) is 47.8. The highest BCUT2D eigenvalue weighted by atomic mass is 16.4. The smallest absolute Gasteiger partial charge is 0.303 e. The van der Waals surface area contributed by atoms with Crippen LogP contribution in [0.15, 0.2) is 243 Å². The molecule has 32 N–H and O–H groups in total. The number of nitrogens with one attached hydrogen (secondary N) is 6. The molecule has 4 aromatic heterocycles. The summed E-state index contributed by atoms with van der Waals surface area (Å²) < 4.78 is 0. The van der Waals surface area contributed by atoms with Crippen molar-refractivity contribution in [1.29, 1.82) is 0 Å². The van der Waals surface area contributed by atoms with E-state index in [0.29, 0.717) is 118 Å². The molecule has 0 unspecified atom stereocenters. The number of carboxylic acids is 2. The van der Waals surface area contributed by atoms with Crippen molar-refractivity contribution in [3.63, 3.8) is 0 Å². The Morgan fingerprint density at radius 2 is 0.493 bits per heavy atom. The minimum Gasteiger partial charge on any atom is -0.506 e. The Labute approximate surface area is 832 Å². The van der Waals surface area contributed by atoms with E-state index in [-0.39, 0.29) is 71.9 Å². The number of unbranched alkanes of at least 4 members (excludes halogenated alkanes) is 11. The van der Waals surface area contributed by atoms with Crippen LogP contribution in [0.1, 0.15) is 150 Å². The van der Waals surface area contributed by atoms with Crippen LogP contribution in [0, 0.1) is 0 Å². The Kier molecular flexibility index (Phi) is 36.1. The van der Waals surface area contributed by atoms with Gasteiger partial charge in [-0.1, -0.05) is 136 Å². The van der Waals surface area contributed by atoms with Gasteiger partial charge in [0, 0.05) is 64.2 Å². The minimum atomic E-state index is -0.810. The van der Waals surface area contributed by atoms with Gasteiger partial charge in [-0.2, -0.15) is 0 Å². The number of rotatable bonds is 38. The van der Waals surface area contributed by atoms with E-state index >= 15 is 0 Å². The quantitative estimate of drug-likeness (QED) is 0.00739. The van der Waals surface area contributed by atoms with Crippen LogP contribution in [0.3, 0.4) is 0 Å². The van der Waals surface area contributed by atoms with E-state index in [4.69, 9.17) is 87.5 Å². The number of amides is 2. The first-order valence-electron chi connectivity index (χ1n) is 47.8. The van der Waals surface area contributed by atoms with Crippen LogP contribution in [0.4, 0.5) is 68.2 Å². The van der Waals surface area contributed by atoms with Crippen molar-refractivity contribution in [3.05, 3.63) is 277 Å². The number of aromatic nitrogens is 8. The van der Waals surface area contributed by atoms with Crippen molar-refractivity contribution < 1.29 is 59.4 Å². The number of nitrogens with two attached hydrogens (primary N) is 10. The molecule has 0 aliphatic heterocycles. The number of H-pyrrole nitrogens is 4. The number of phenolic OH excluding ortho intramolecular Hbond substituents is 4. The number of imidazole rings is 4. The Morgan fingerprint density at radius 3 is 0.764 bits per heavy atom. The summed E-state index contributed by atoms with van der Waals surface area (Å²) in [4.78, 5) is 98.0. The number of aromatic hydroxyl groups is 4. The lowest BCUT2D eigenvalue weighted by atomic mass is 10.0. The van der Waals surface area contributed by atoms with Crippen molar-refractivity contribution in [2.75, 3.05) is 68.0 Å². The number of aliphatic carboxylic acids is 2. The predicted molar refractivity (Wildman–Crippen MR) is 577 cm³/mol. The maximum atomic E-state index is 12.3. The van der Waals surface area contributed by atoms with Crippen LogP contribution in [-0.4, -0.2) is 107 Å². The van der Waals surface area contributed by atoms with Gasteiger partial charge in [-0.05, 0) is 275 Å². The second kappa shape index (κ2) is 50.1. The van der Waals surface area contributed by atoms with Gasteiger partial charge in [-0.3, -0.25) is 19.2 Å². The van der Waals surface area contributed by atoms with E-state index in [0.717, 1.165) is 226 Å². The van der Waals surface area contributed by atoms with E-state index in [2.05, 4.69) is 79.1 Å². The molecule has 0 spiro atoms. The van der Waals surface area contributed by atoms with Crippen LogP contribution in [0.25, 0.3) is 111 Å². The summed E-state index contributed by atoms with van der Waals surface area (Å²) in [5, 5.41) is 62.8. The van der Waals surface area contributed by atoms with Gasteiger partial charge in [0.25, 0.3) is 0 Å². The monoisotopic (exact) mass is 1940 g/mol. The molecule has 0 aliphatic carbocycles. The number of nitrogens with zero attached hydrogens (tertiary/aromatic N) is 4. The fourth-order valence-corrected chi connectivity index (χ4v) is 16.2. The first-order chi connectivity index (χ1) is 69.4. The van der Waals surface area contributed by atoms with E-state index < -0.39 is 11.9 Å². The number of fused-ring (bicyclic) bond motifs is 4. The number of carbonyl (C=O) groups excluding carboxylic acids is 4. The molecule has 0 aliphatic rings. The first kappa shape index (κ1) is 104. The van der Waals surface area contributed by atoms with Gasteiger partial charge in [-0.15, -0.1) is 0 Å². The number of aromatic amines is 4. The molecule has 13 aromatic carbocycles. The minimum absolute atomic E-state index is 0.0481. The van der Waals surface area contributed by atoms with E-state index in [1.807, 2.05) is 121 Å². The second-order valence-electron chi connectivity index (χ2n) is 35.4. The summed E-state index contributed by atoms with van der Waals surface area (Å²) in [6, 6.07) is 74.3. The molecule has 0 bridgehead atoms. The molecular formula is C112H122N20O12. The average Bonchev–Trinajstić information content (AvgIpc) is 1.74. The van der Waals surface area contributed by atoms with Gasteiger partial charge in [0.1, 0.15) is 58.9 Å². The third-order valence-electron chi connectivity index (χ3n) is 24.5. The Morgan fingerprint density at radius 1 is 0.250 bits per heavy atom. The zero-order chi connectivity index (χ0) is 102. The van der Waals surface area contributed by atoms with Crippen molar-refractivity contribution in [3.8, 4) is 89.8 Å². The summed E-state index contributed by atoms with van der Waals surface area (Å²) in [5.41, 5.74) is 85.3. The molecule has 2 amide bonds. The number of nitrogen functional groups attached to an aromatic ring is 10. The van der Waals surface area contributed by atoms with Gasteiger partial charge in [-0.25, -0.2) is 19.9 Å². The van der Waals surface area contributed by atoms with Gasteiger partial charge < -0.3 is 128 Å². The number of aryl methyl sites for hydroxylation is 6. The summed E-state index contributed by atoms with van der Waals surface area (Å²) in [6.07, 6.45) is 19.7. The molecule has 17 aromatic rings. The molecular weight excluding hydrogens is 1820 g/mol.